The van der Waals surface area contributed by atoms with Crippen LogP contribution in [-0.4, -0.2) is 14.2 Å². The van der Waals surface area contributed by atoms with Gasteiger partial charge in [0.05, 0.1) is 0 Å². The highest BCUT2D eigenvalue weighted by Gasteiger charge is 2.15. The normalized spacial score (nSPS) is 18.2. The van der Waals surface area contributed by atoms with Crippen LogP contribution in [-0.2, 0) is 15.3 Å². The summed E-state index contributed by atoms with van der Waals surface area (Å²) in [5, 5.41) is 0. The molecular weight excluding hydrogens is 224 g/mol. The minimum atomic E-state index is -1.31. The Morgan fingerprint density at radius 1 is 1.23 bits per heavy atom. The van der Waals surface area contributed by atoms with Crippen molar-refractivity contribution < 1.29 is 8.39 Å². The summed E-state index contributed by atoms with van der Waals surface area (Å²) < 4.78 is 16.4. The minimum absolute atomic E-state index is 0.184. The second-order valence-corrected chi connectivity index (χ2v) is 5.67. The summed E-state index contributed by atoms with van der Waals surface area (Å²) in [5.74, 6) is 0. The van der Waals surface area contributed by atoms with Gasteiger partial charge in [-0.1, -0.05) is 26.7 Å². The molecule has 0 fully saturated rings. The van der Waals surface area contributed by atoms with Crippen molar-refractivity contribution in [2.24, 2.45) is 0 Å². The Hall–Kier alpha value is 0.810. The number of hydrogen-bond acceptors (Lipinski definition) is 4. The lowest BCUT2D eigenvalue weighted by atomic mass is 10.4. The minimum Gasteiger partial charge on any atom is -0.276 e. The Morgan fingerprint density at radius 2 is 1.77 bits per heavy atom. The lowest BCUT2D eigenvalue weighted by Crippen LogP contribution is -2.15. The second kappa shape index (κ2) is 8.15. The van der Waals surface area contributed by atoms with Crippen LogP contribution in [0.3, 0.4) is 0 Å². The first-order valence-corrected chi connectivity index (χ1v) is 6.72. The van der Waals surface area contributed by atoms with Crippen LogP contribution in [0.5, 0.6) is 0 Å². The molecule has 0 heterocycles. The first-order chi connectivity index (χ1) is 6.11. The van der Waals surface area contributed by atoms with Crippen LogP contribution < -0.4 is 0 Å². The van der Waals surface area contributed by atoms with E-state index in [1.54, 1.807) is 0 Å². The third kappa shape index (κ3) is 6.82. The van der Waals surface area contributed by atoms with Crippen molar-refractivity contribution in [1.29, 1.82) is 0 Å². The fourth-order valence-corrected chi connectivity index (χ4v) is 2.60. The molecule has 0 radical (unpaired) electrons. The highest BCUT2D eigenvalue weighted by atomic mass is 32.2. The van der Waals surface area contributed by atoms with Gasteiger partial charge in [0.1, 0.15) is 10.0 Å². The van der Waals surface area contributed by atoms with Gasteiger partial charge >= 0.3 is 0 Å². The van der Waals surface area contributed by atoms with Gasteiger partial charge in [0.15, 0.2) is 11.1 Å². The maximum Gasteiger partial charge on any atom is 0.169 e. The summed E-state index contributed by atoms with van der Waals surface area (Å²) >= 11 is 7.04. The first-order valence-electron chi connectivity index (χ1n) is 4.55. The van der Waals surface area contributed by atoms with Crippen molar-refractivity contribution in [1.82, 2.24) is 0 Å². The molecule has 0 aromatic carbocycles. The van der Waals surface area contributed by atoms with Crippen molar-refractivity contribution in [3.05, 3.63) is 0 Å². The Balaban J connectivity index is 3.71. The zero-order valence-corrected chi connectivity index (χ0v) is 10.7. The molecule has 2 nitrogen and oxygen atoms in total. The summed E-state index contributed by atoms with van der Waals surface area (Å²) in [5.41, 5.74) is -0.225. The van der Waals surface area contributed by atoms with E-state index in [0.717, 1.165) is 25.7 Å². The average molecular weight is 242 g/mol. The van der Waals surface area contributed by atoms with Crippen LogP contribution in [0.4, 0.5) is 0 Å². The van der Waals surface area contributed by atoms with Crippen molar-refractivity contribution in [3.63, 3.8) is 0 Å². The second-order valence-electron chi connectivity index (χ2n) is 2.84. The van der Waals surface area contributed by atoms with Crippen LogP contribution in [0.2, 0.25) is 0 Å². The standard InChI is InChI=1S/C8H18O2S3/c1-3-5-7(11)10-13(9)8(12)6-4-2/h7-8,11-12H,3-6H2,1-2H3. The lowest BCUT2D eigenvalue weighted by molar-refractivity contribution is 0.304. The van der Waals surface area contributed by atoms with E-state index < -0.39 is 11.1 Å². The van der Waals surface area contributed by atoms with Crippen molar-refractivity contribution in [3.8, 4) is 0 Å². The van der Waals surface area contributed by atoms with Gasteiger partial charge in [0.25, 0.3) is 0 Å². The van der Waals surface area contributed by atoms with Crippen molar-refractivity contribution in [2.75, 3.05) is 0 Å². The van der Waals surface area contributed by atoms with Crippen LogP contribution in [0.15, 0.2) is 0 Å². The summed E-state index contributed by atoms with van der Waals surface area (Å²) in [6.45, 7) is 4.07. The molecule has 0 aliphatic heterocycles. The Morgan fingerprint density at radius 3 is 2.23 bits per heavy atom. The summed E-state index contributed by atoms with van der Waals surface area (Å²) in [4.78, 5) is 0. The molecule has 0 spiro atoms. The Bertz CT molecular complexity index is 152. The van der Waals surface area contributed by atoms with E-state index in [1.807, 2.05) is 13.8 Å². The van der Waals surface area contributed by atoms with E-state index >= 15 is 0 Å². The largest absolute Gasteiger partial charge is 0.276 e. The molecule has 0 rings (SSSR count). The molecule has 80 valence electrons. The zero-order valence-electron chi connectivity index (χ0n) is 8.10. The van der Waals surface area contributed by atoms with Gasteiger partial charge < -0.3 is 0 Å². The number of hydrogen-bond donors (Lipinski definition) is 2. The van der Waals surface area contributed by atoms with E-state index in [2.05, 4.69) is 25.3 Å². The summed E-state index contributed by atoms with van der Waals surface area (Å²) in [7, 11) is 0. The van der Waals surface area contributed by atoms with Crippen molar-refractivity contribution in [2.45, 2.75) is 49.5 Å². The van der Waals surface area contributed by atoms with Gasteiger partial charge in [0, 0.05) is 0 Å². The van der Waals surface area contributed by atoms with E-state index in [1.165, 1.54) is 0 Å². The highest BCUT2D eigenvalue weighted by Crippen LogP contribution is 2.15. The first kappa shape index (κ1) is 13.8. The predicted octanol–water partition coefficient (Wildman–Crippen LogP) is 2.78. The third-order valence-electron chi connectivity index (χ3n) is 1.50. The molecule has 0 aliphatic rings. The smallest absolute Gasteiger partial charge is 0.169 e. The third-order valence-corrected chi connectivity index (χ3v) is 3.88. The molecule has 0 N–H and O–H groups in total. The molecule has 13 heavy (non-hydrogen) atoms. The van der Waals surface area contributed by atoms with Gasteiger partial charge in [-0.2, -0.15) is 12.6 Å². The van der Waals surface area contributed by atoms with E-state index in [-0.39, 0.29) is 10.0 Å². The average Bonchev–Trinajstić information content (AvgIpc) is 2.05. The molecule has 5 heteroatoms. The quantitative estimate of drug-likeness (QED) is 0.530. The molecule has 0 bridgehead atoms. The number of thiol groups is 2. The summed E-state index contributed by atoms with van der Waals surface area (Å²) in [6.07, 6.45) is 3.58. The van der Waals surface area contributed by atoms with Crippen LogP contribution >= 0.6 is 25.3 Å². The van der Waals surface area contributed by atoms with Crippen LogP contribution in [0.1, 0.15) is 39.5 Å². The SMILES string of the molecule is CCCC(S)OS(=O)C(S)CCC. The fourth-order valence-electron chi connectivity index (χ4n) is 0.812. The monoisotopic (exact) mass is 242 g/mol. The summed E-state index contributed by atoms with van der Waals surface area (Å²) in [6, 6.07) is 0. The van der Waals surface area contributed by atoms with Gasteiger partial charge in [-0.15, -0.1) is 12.6 Å². The molecule has 0 aliphatic carbocycles. The zero-order chi connectivity index (χ0) is 10.3. The maximum absolute atomic E-state index is 11.4. The van der Waals surface area contributed by atoms with Gasteiger partial charge in [-0.05, 0) is 12.8 Å². The topological polar surface area (TPSA) is 26.3 Å². The molecule has 0 amide bonds. The molecule has 3 unspecified atom stereocenters. The molecule has 0 saturated carbocycles. The van der Waals surface area contributed by atoms with Crippen molar-refractivity contribution >= 4 is 36.3 Å². The molecule has 0 aromatic heterocycles. The highest BCUT2D eigenvalue weighted by molar-refractivity contribution is 7.99. The predicted molar refractivity (Wildman–Crippen MR) is 64.6 cm³/mol. The van der Waals surface area contributed by atoms with E-state index in [9.17, 15) is 4.21 Å². The fraction of sp³-hybridized carbons (Fsp3) is 1.00. The molecule has 3 atom stereocenters. The Labute approximate surface area is 94.3 Å². The Kier molecular flexibility index (Phi) is 8.65. The lowest BCUT2D eigenvalue weighted by Gasteiger charge is -2.13. The van der Waals surface area contributed by atoms with Gasteiger partial charge in [-0.25, -0.2) is 4.21 Å². The molecule has 0 aromatic rings. The van der Waals surface area contributed by atoms with Gasteiger partial charge in [0.2, 0.25) is 0 Å². The molecular formula is C8H18O2S3. The maximum atomic E-state index is 11.4. The van der Waals surface area contributed by atoms with Crippen LogP contribution in [0, 0.1) is 0 Å². The number of rotatable bonds is 7. The van der Waals surface area contributed by atoms with Gasteiger partial charge in [-0.3, -0.25) is 4.18 Å². The molecule has 0 saturated heterocycles. The van der Waals surface area contributed by atoms with E-state index in [4.69, 9.17) is 4.18 Å². The van der Waals surface area contributed by atoms with E-state index in [0.29, 0.717) is 0 Å². The van der Waals surface area contributed by atoms with Crippen LogP contribution in [0.25, 0.3) is 0 Å².